The number of halogens is 1. The zero-order chi connectivity index (χ0) is 15.2. The van der Waals surface area contributed by atoms with Gasteiger partial charge in [0.15, 0.2) is 0 Å². The van der Waals surface area contributed by atoms with Crippen LogP contribution in [0.3, 0.4) is 0 Å². The Hall–Kier alpha value is -2.11. The van der Waals surface area contributed by atoms with Gasteiger partial charge in [-0.3, -0.25) is 0 Å². The summed E-state index contributed by atoms with van der Waals surface area (Å²) in [5.74, 6) is 0. The summed E-state index contributed by atoms with van der Waals surface area (Å²) in [6.07, 6.45) is 0.548. The fourth-order valence-electron chi connectivity index (χ4n) is 1.73. The van der Waals surface area contributed by atoms with Crippen molar-refractivity contribution in [2.24, 2.45) is 5.73 Å². The van der Waals surface area contributed by atoms with Crippen LogP contribution >= 0.6 is 23.8 Å². The topological polar surface area (TPSA) is 67.1 Å². The highest BCUT2D eigenvalue weighted by atomic mass is 35.5. The van der Waals surface area contributed by atoms with Crippen LogP contribution in [0, 0.1) is 0 Å². The van der Waals surface area contributed by atoms with Gasteiger partial charge < -0.3 is 16.4 Å². The highest BCUT2D eigenvalue weighted by Gasteiger charge is 2.03. The highest BCUT2D eigenvalue weighted by molar-refractivity contribution is 7.80. The molecule has 2 rings (SSSR count). The van der Waals surface area contributed by atoms with Gasteiger partial charge in [-0.05, 0) is 42.0 Å². The van der Waals surface area contributed by atoms with E-state index < -0.39 is 0 Å². The fraction of sp³-hybridized carbons (Fsp3) is 0.0667. The predicted molar refractivity (Wildman–Crippen MR) is 91.0 cm³/mol. The van der Waals surface area contributed by atoms with Crippen LogP contribution in [-0.2, 0) is 6.42 Å². The molecule has 0 bridgehead atoms. The van der Waals surface area contributed by atoms with Gasteiger partial charge in [-0.2, -0.15) is 0 Å². The Morgan fingerprint density at radius 1 is 1.00 bits per heavy atom. The summed E-state index contributed by atoms with van der Waals surface area (Å²) >= 11 is 10.6. The molecule has 2 amide bonds. The summed E-state index contributed by atoms with van der Waals surface area (Å²) in [5, 5.41) is 6.07. The molecule has 0 radical (unpaired) electrons. The monoisotopic (exact) mass is 319 g/mol. The maximum atomic E-state index is 11.8. The van der Waals surface area contributed by atoms with Crippen LogP contribution < -0.4 is 16.4 Å². The van der Waals surface area contributed by atoms with Crippen molar-refractivity contribution in [2.75, 3.05) is 10.6 Å². The first-order valence-electron chi connectivity index (χ1n) is 6.24. The molecule has 0 unspecified atom stereocenters. The molecule has 0 atom stereocenters. The smallest absolute Gasteiger partial charge is 0.323 e. The minimum Gasteiger partial charge on any atom is -0.393 e. The van der Waals surface area contributed by atoms with Crippen molar-refractivity contribution in [3.63, 3.8) is 0 Å². The molecule has 0 spiro atoms. The van der Waals surface area contributed by atoms with E-state index in [9.17, 15) is 4.79 Å². The Bertz CT molecular complexity index is 641. The second-order valence-corrected chi connectivity index (χ2v) is 5.39. The maximum Gasteiger partial charge on any atom is 0.323 e. The van der Waals surface area contributed by atoms with Gasteiger partial charge in [0.1, 0.15) is 0 Å². The van der Waals surface area contributed by atoms with Gasteiger partial charge in [-0.15, -0.1) is 0 Å². The van der Waals surface area contributed by atoms with Crippen molar-refractivity contribution in [3.05, 3.63) is 59.1 Å². The number of thiocarbonyl (C=S) groups is 1. The average molecular weight is 320 g/mol. The Labute approximate surface area is 133 Å². The van der Waals surface area contributed by atoms with E-state index in [1.807, 2.05) is 12.1 Å². The predicted octanol–water partition coefficient (Wildman–Crippen LogP) is 3.81. The molecule has 0 aliphatic carbocycles. The number of carbonyl (C=O) groups is 1. The van der Waals surface area contributed by atoms with Gasteiger partial charge in [0.2, 0.25) is 0 Å². The standard InChI is InChI=1S/C15H14ClN3OS/c16-11-3-7-13(8-4-11)19-15(20)18-12-5-1-10(2-6-12)9-14(17)21/h1-8H,9H2,(H2,17,21)(H2,18,19,20). The van der Waals surface area contributed by atoms with Crippen LogP contribution in [0.15, 0.2) is 48.5 Å². The third-order valence-electron chi connectivity index (χ3n) is 2.69. The maximum absolute atomic E-state index is 11.8. The Balaban J connectivity index is 1.93. The van der Waals surface area contributed by atoms with Crippen molar-refractivity contribution < 1.29 is 4.79 Å². The summed E-state index contributed by atoms with van der Waals surface area (Å²) < 4.78 is 0. The van der Waals surface area contributed by atoms with E-state index in [1.54, 1.807) is 36.4 Å². The molecule has 21 heavy (non-hydrogen) atoms. The molecule has 6 heteroatoms. The molecular weight excluding hydrogens is 306 g/mol. The van der Waals surface area contributed by atoms with Crippen LogP contribution in [0.1, 0.15) is 5.56 Å². The molecule has 0 saturated carbocycles. The lowest BCUT2D eigenvalue weighted by atomic mass is 10.1. The number of anilines is 2. The van der Waals surface area contributed by atoms with E-state index in [0.717, 1.165) is 5.56 Å². The molecule has 0 aromatic heterocycles. The lowest BCUT2D eigenvalue weighted by Crippen LogP contribution is -2.19. The van der Waals surface area contributed by atoms with E-state index in [-0.39, 0.29) is 6.03 Å². The zero-order valence-electron chi connectivity index (χ0n) is 11.1. The molecule has 108 valence electrons. The Kier molecular flexibility index (Phi) is 5.14. The summed E-state index contributed by atoms with van der Waals surface area (Å²) in [6, 6.07) is 13.9. The number of amides is 2. The quantitative estimate of drug-likeness (QED) is 0.751. The molecule has 0 aliphatic heterocycles. The van der Waals surface area contributed by atoms with E-state index in [2.05, 4.69) is 10.6 Å². The molecule has 0 aliphatic rings. The number of hydrogen-bond acceptors (Lipinski definition) is 2. The van der Waals surface area contributed by atoms with Crippen LogP contribution in [0.2, 0.25) is 5.02 Å². The normalized spacial score (nSPS) is 9.95. The molecule has 4 nitrogen and oxygen atoms in total. The third-order valence-corrected chi connectivity index (χ3v) is 3.09. The highest BCUT2D eigenvalue weighted by Crippen LogP contribution is 2.14. The van der Waals surface area contributed by atoms with Crippen molar-refractivity contribution in [3.8, 4) is 0 Å². The molecule has 0 saturated heterocycles. The number of carbonyl (C=O) groups excluding carboxylic acids is 1. The minimum atomic E-state index is -0.320. The number of hydrogen-bond donors (Lipinski definition) is 3. The number of urea groups is 1. The fourth-order valence-corrected chi connectivity index (χ4v) is 2.03. The summed E-state index contributed by atoms with van der Waals surface area (Å²) in [6.45, 7) is 0. The average Bonchev–Trinajstić information content (AvgIpc) is 2.43. The molecular formula is C15H14ClN3OS. The van der Waals surface area contributed by atoms with Crippen molar-refractivity contribution in [1.82, 2.24) is 0 Å². The van der Waals surface area contributed by atoms with Crippen molar-refractivity contribution >= 4 is 46.2 Å². The van der Waals surface area contributed by atoms with Crippen molar-refractivity contribution in [1.29, 1.82) is 0 Å². The zero-order valence-corrected chi connectivity index (χ0v) is 12.7. The third kappa shape index (κ3) is 5.06. The lowest BCUT2D eigenvalue weighted by molar-refractivity contribution is 0.262. The van der Waals surface area contributed by atoms with Gasteiger partial charge in [0.25, 0.3) is 0 Å². The largest absolute Gasteiger partial charge is 0.393 e. The van der Waals surface area contributed by atoms with E-state index in [0.29, 0.717) is 27.8 Å². The van der Waals surface area contributed by atoms with Crippen LogP contribution in [0.5, 0.6) is 0 Å². The number of nitrogens with one attached hydrogen (secondary N) is 2. The molecule has 2 aromatic carbocycles. The number of benzene rings is 2. The minimum absolute atomic E-state index is 0.320. The first kappa shape index (κ1) is 15.3. The van der Waals surface area contributed by atoms with Crippen molar-refractivity contribution in [2.45, 2.75) is 6.42 Å². The van der Waals surface area contributed by atoms with Gasteiger partial charge in [-0.25, -0.2) is 4.79 Å². The van der Waals surface area contributed by atoms with Crippen LogP contribution in [-0.4, -0.2) is 11.0 Å². The van der Waals surface area contributed by atoms with E-state index in [1.165, 1.54) is 0 Å². The van der Waals surface area contributed by atoms with Gasteiger partial charge >= 0.3 is 6.03 Å². The van der Waals surface area contributed by atoms with Gasteiger partial charge in [-0.1, -0.05) is 36.0 Å². The van der Waals surface area contributed by atoms with Crippen LogP contribution in [0.4, 0.5) is 16.2 Å². The number of rotatable bonds is 4. The number of nitrogens with two attached hydrogens (primary N) is 1. The molecule has 0 heterocycles. The van der Waals surface area contributed by atoms with Crippen LogP contribution in [0.25, 0.3) is 0 Å². The summed E-state index contributed by atoms with van der Waals surface area (Å²) in [7, 11) is 0. The summed E-state index contributed by atoms with van der Waals surface area (Å²) in [5.41, 5.74) is 7.84. The first-order valence-corrected chi connectivity index (χ1v) is 7.02. The van der Waals surface area contributed by atoms with E-state index in [4.69, 9.17) is 29.6 Å². The SMILES string of the molecule is NC(=S)Cc1ccc(NC(=O)Nc2ccc(Cl)cc2)cc1. The van der Waals surface area contributed by atoms with Gasteiger partial charge in [0, 0.05) is 22.8 Å². The molecule has 4 N–H and O–H groups in total. The summed E-state index contributed by atoms with van der Waals surface area (Å²) in [4.78, 5) is 12.3. The lowest BCUT2D eigenvalue weighted by Gasteiger charge is -2.08. The molecule has 2 aromatic rings. The Morgan fingerprint density at radius 2 is 1.48 bits per heavy atom. The first-order chi connectivity index (χ1) is 10.0. The molecule has 0 fully saturated rings. The van der Waals surface area contributed by atoms with Gasteiger partial charge in [0.05, 0.1) is 4.99 Å². The second-order valence-electron chi connectivity index (χ2n) is 4.43. The Morgan fingerprint density at radius 3 is 1.95 bits per heavy atom. The second kappa shape index (κ2) is 7.06. The van der Waals surface area contributed by atoms with E-state index >= 15 is 0 Å².